The van der Waals surface area contributed by atoms with E-state index in [0.717, 1.165) is 52.2 Å². The third-order valence-electron chi connectivity index (χ3n) is 6.61. The average Bonchev–Trinajstić information content (AvgIpc) is 2.84. The van der Waals surface area contributed by atoms with E-state index in [-0.39, 0.29) is 24.0 Å². The number of hydrogen-bond donors (Lipinski definition) is 0. The van der Waals surface area contributed by atoms with Crippen molar-refractivity contribution in [1.29, 1.82) is 0 Å². The van der Waals surface area contributed by atoms with Crippen LogP contribution in [-0.2, 0) is 16.2 Å². The van der Waals surface area contributed by atoms with E-state index in [1.165, 1.54) is 0 Å². The third kappa shape index (κ3) is 4.38. The fraction of sp³-hybridized carbons (Fsp3) is 0.241. The van der Waals surface area contributed by atoms with Crippen LogP contribution in [0.2, 0.25) is 5.02 Å². The van der Waals surface area contributed by atoms with Crippen LogP contribution in [-0.4, -0.2) is 11.7 Å². The quantitative estimate of drug-likeness (QED) is 0.413. The Morgan fingerprint density at radius 2 is 1.76 bits per heavy atom. The number of para-hydroxylation sites is 1. The van der Waals surface area contributed by atoms with E-state index in [4.69, 9.17) is 16.3 Å². The first-order valence-electron chi connectivity index (χ1n) is 11.6. The van der Waals surface area contributed by atoms with Gasteiger partial charge in [0, 0.05) is 35.1 Å². The normalized spacial score (nSPS) is 18.2. The summed E-state index contributed by atoms with van der Waals surface area (Å²) >= 11 is 6.05. The van der Waals surface area contributed by atoms with Crippen molar-refractivity contribution in [3.63, 3.8) is 0 Å². The van der Waals surface area contributed by atoms with Crippen molar-refractivity contribution in [3.8, 4) is 5.75 Å². The van der Waals surface area contributed by atoms with E-state index in [1.807, 2.05) is 79.7 Å². The zero-order chi connectivity index (χ0) is 23.7. The summed E-state index contributed by atoms with van der Waals surface area (Å²) in [5.74, 6) is 0.696. The second-order valence-electron chi connectivity index (χ2n) is 8.90. The number of amides is 1. The van der Waals surface area contributed by atoms with E-state index in [1.54, 1.807) is 4.90 Å². The molecule has 3 aromatic rings. The molecular weight excluding hydrogens is 446 g/mol. The zero-order valence-electron chi connectivity index (χ0n) is 19.1. The lowest BCUT2D eigenvalue weighted by Gasteiger charge is -2.39. The number of halogens is 1. The van der Waals surface area contributed by atoms with E-state index in [9.17, 15) is 9.59 Å². The maximum absolute atomic E-state index is 13.4. The van der Waals surface area contributed by atoms with Crippen molar-refractivity contribution in [2.24, 2.45) is 0 Å². The number of benzene rings is 3. The van der Waals surface area contributed by atoms with E-state index >= 15 is 0 Å². The Labute approximate surface area is 204 Å². The van der Waals surface area contributed by atoms with Gasteiger partial charge in [0.15, 0.2) is 5.78 Å². The molecular formula is C29H26ClNO3. The molecule has 172 valence electrons. The number of ether oxygens (including phenoxy) is 1. The third-order valence-corrected chi connectivity index (χ3v) is 6.84. The van der Waals surface area contributed by atoms with Gasteiger partial charge in [-0.15, -0.1) is 0 Å². The molecule has 1 atom stereocenters. The largest absolute Gasteiger partial charge is 0.489 e. The second kappa shape index (κ2) is 9.47. The lowest BCUT2D eigenvalue weighted by Crippen LogP contribution is -2.40. The van der Waals surface area contributed by atoms with Crippen molar-refractivity contribution in [3.05, 3.63) is 106 Å². The summed E-state index contributed by atoms with van der Waals surface area (Å²) in [6.07, 6.45) is 2.32. The van der Waals surface area contributed by atoms with Crippen LogP contribution in [0.3, 0.4) is 0 Å². The number of carbonyl (C=O) groups excluding carboxylic acids is 2. The lowest BCUT2D eigenvalue weighted by atomic mass is 9.77. The second-order valence-corrected chi connectivity index (χ2v) is 9.33. The van der Waals surface area contributed by atoms with Gasteiger partial charge in [-0.3, -0.25) is 14.5 Å². The fourth-order valence-electron chi connectivity index (χ4n) is 4.96. The predicted molar refractivity (Wildman–Crippen MR) is 134 cm³/mol. The smallest absolute Gasteiger partial charge is 0.232 e. The van der Waals surface area contributed by atoms with Crippen molar-refractivity contribution in [2.45, 2.75) is 45.1 Å². The van der Waals surface area contributed by atoms with Gasteiger partial charge in [0.05, 0.1) is 5.69 Å². The molecule has 0 spiro atoms. The Hall–Kier alpha value is -3.37. The molecule has 3 aromatic carbocycles. The van der Waals surface area contributed by atoms with Gasteiger partial charge >= 0.3 is 0 Å². The maximum Gasteiger partial charge on any atom is 0.232 e. The summed E-state index contributed by atoms with van der Waals surface area (Å²) in [4.78, 5) is 28.3. The molecule has 1 aliphatic carbocycles. The SMILES string of the molecule is Cc1ccccc1N1C(=O)CC(c2ccc(OCc3cccc(Cl)c3)cc2)C2=C1CCCC2=O. The average molecular weight is 472 g/mol. The Morgan fingerprint density at radius 1 is 0.971 bits per heavy atom. The summed E-state index contributed by atoms with van der Waals surface area (Å²) in [5.41, 5.74) is 5.53. The molecule has 0 radical (unpaired) electrons. The van der Waals surface area contributed by atoms with Crippen molar-refractivity contribution in [2.75, 3.05) is 4.90 Å². The summed E-state index contributed by atoms with van der Waals surface area (Å²) in [6.45, 7) is 2.42. The molecule has 1 aliphatic heterocycles. The number of rotatable bonds is 5. The highest BCUT2D eigenvalue weighted by Crippen LogP contribution is 2.44. The Balaban J connectivity index is 1.43. The highest BCUT2D eigenvalue weighted by Gasteiger charge is 2.39. The van der Waals surface area contributed by atoms with Crippen LogP contribution in [0.1, 0.15) is 48.3 Å². The van der Waals surface area contributed by atoms with E-state index < -0.39 is 0 Å². The van der Waals surface area contributed by atoms with Gasteiger partial charge in [0.25, 0.3) is 0 Å². The van der Waals surface area contributed by atoms with E-state index in [0.29, 0.717) is 18.1 Å². The fourth-order valence-corrected chi connectivity index (χ4v) is 5.17. The Morgan fingerprint density at radius 3 is 2.53 bits per heavy atom. The van der Waals surface area contributed by atoms with Crippen LogP contribution in [0.15, 0.2) is 84.1 Å². The first kappa shape index (κ1) is 22.4. The van der Waals surface area contributed by atoms with Crippen LogP contribution in [0, 0.1) is 6.92 Å². The number of allylic oxidation sites excluding steroid dienone is 2. The van der Waals surface area contributed by atoms with E-state index in [2.05, 4.69) is 0 Å². The number of anilines is 1. The van der Waals surface area contributed by atoms with Crippen molar-refractivity contribution < 1.29 is 14.3 Å². The Bertz CT molecular complexity index is 1280. The Kier molecular flexibility index (Phi) is 6.25. The molecule has 0 N–H and O–H groups in total. The van der Waals surface area contributed by atoms with Crippen molar-refractivity contribution in [1.82, 2.24) is 0 Å². The number of aryl methyl sites for hydroxylation is 1. The molecule has 5 rings (SSSR count). The van der Waals surface area contributed by atoms with Crippen LogP contribution in [0.5, 0.6) is 5.75 Å². The summed E-state index contributed by atoms with van der Waals surface area (Å²) in [5, 5.41) is 0.680. The van der Waals surface area contributed by atoms with Gasteiger partial charge < -0.3 is 4.74 Å². The topological polar surface area (TPSA) is 46.6 Å². The predicted octanol–water partition coefficient (Wildman–Crippen LogP) is 6.76. The molecule has 34 heavy (non-hydrogen) atoms. The summed E-state index contributed by atoms with van der Waals surface area (Å²) in [6, 6.07) is 23.2. The molecule has 0 bridgehead atoms. The van der Waals surface area contributed by atoms with Crippen LogP contribution < -0.4 is 9.64 Å². The summed E-state index contributed by atoms with van der Waals surface area (Å²) in [7, 11) is 0. The molecule has 1 unspecified atom stereocenters. The number of hydrogen-bond acceptors (Lipinski definition) is 3. The van der Waals surface area contributed by atoms with Crippen molar-refractivity contribution >= 4 is 29.0 Å². The molecule has 0 aromatic heterocycles. The number of ketones is 1. The molecule has 5 heteroatoms. The van der Waals surface area contributed by atoms with Gasteiger partial charge in [-0.2, -0.15) is 0 Å². The summed E-state index contributed by atoms with van der Waals surface area (Å²) < 4.78 is 5.91. The monoisotopic (exact) mass is 471 g/mol. The minimum atomic E-state index is -0.224. The highest BCUT2D eigenvalue weighted by atomic mass is 35.5. The zero-order valence-corrected chi connectivity index (χ0v) is 19.8. The van der Waals surface area contributed by atoms with Gasteiger partial charge in [-0.05, 0) is 66.8 Å². The first-order chi connectivity index (χ1) is 16.5. The van der Waals surface area contributed by atoms with Crippen LogP contribution in [0.25, 0.3) is 0 Å². The molecule has 2 aliphatic rings. The minimum Gasteiger partial charge on any atom is -0.489 e. The standard InChI is InChI=1S/C29H26ClNO3/c1-19-6-2-3-9-25(19)31-26-10-5-11-27(32)29(26)24(17-28(31)33)21-12-14-23(15-13-21)34-18-20-7-4-8-22(30)16-20/h2-4,6-9,12-16,24H,5,10-11,17-18H2,1H3. The number of nitrogens with zero attached hydrogens (tertiary/aromatic N) is 1. The van der Waals surface area contributed by atoms with Gasteiger partial charge in [0.1, 0.15) is 12.4 Å². The molecule has 0 fully saturated rings. The molecule has 4 nitrogen and oxygen atoms in total. The highest BCUT2D eigenvalue weighted by molar-refractivity contribution is 6.30. The van der Waals surface area contributed by atoms with Gasteiger partial charge in [-0.25, -0.2) is 0 Å². The molecule has 1 amide bonds. The van der Waals surface area contributed by atoms with Gasteiger partial charge in [-0.1, -0.05) is 54.1 Å². The number of carbonyl (C=O) groups is 2. The number of Topliss-reactive ketones (excluding diaryl/α,β-unsaturated/α-hetero) is 1. The maximum atomic E-state index is 13.4. The molecule has 0 saturated heterocycles. The first-order valence-corrected chi connectivity index (χ1v) is 12.0. The minimum absolute atomic E-state index is 0.0361. The molecule has 0 saturated carbocycles. The van der Waals surface area contributed by atoms with Crippen LogP contribution >= 0.6 is 11.6 Å². The molecule has 1 heterocycles. The lowest BCUT2D eigenvalue weighted by molar-refractivity contribution is -0.119. The van der Waals surface area contributed by atoms with Gasteiger partial charge in [0.2, 0.25) is 5.91 Å². The van der Waals surface area contributed by atoms with Crippen LogP contribution in [0.4, 0.5) is 5.69 Å².